The number of nitrogens with zero attached hydrogens (tertiary/aromatic N) is 2. The number of carbonyl (C=O) groups excluding carboxylic acids is 1. The number of hydrogen-bond acceptors (Lipinski definition) is 4. The van der Waals surface area contributed by atoms with Crippen molar-refractivity contribution in [2.75, 3.05) is 5.43 Å². The summed E-state index contributed by atoms with van der Waals surface area (Å²) in [6, 6.07) is 6.59. The van der Waals surface area contributed by atoms with E-state index < -0.39 is 41.2 Å². The van der Waals surface area contributed by atoms with Crippen molar-refractivity contribution in [2.45, 2.75) is 6.54 Å². The lowest BCUT2D eigenvalue weighted by Gasteiger charge is -2.11. The van der Waals surface area contributed by atoms with E-state index in [-0.39, 0.29) is 0 Å². The van der Waals surface area contributed by atoms with Gasteiger partial charge in [-0.2, -0.15) is 0 Å². The van der Waals surface area contributed by atoms with Crippen molar-refractivity contribution in [1.82, 2.24) is 15.0 Å². The highest BCUT2D eigenvalue weighted by molar-refractivity contribution is 9.10. The molecule has 0 unspecified atom stereocenters. The van der Waals surface area contributed by atoms with Crippen LogP contribution in [-0.4, -0.2) is 15.5 Å². The van der Waals surface area contributed by atoms with Crippen molar-refractivity contribution in [3.8, 4) is 0 Å². The molecule has 0 aliphatic rings. The normalized spacial score (nSPS) is 10.8. The van der Waals surface area contributed by atoms with Crippen LogP contribution < -0.4 is 16.4 Å². The van der Waals surface area contributed by atoms with Crippen LogP contribution >= 0.6 is 15.9 Å². The molecular weight excluding hydrogens is 417 g/mol. The van der Waals surface area contributed by atoms with E-state index in [1.54, 1.807) is 18.2 Å². The van der Waals surface area contributed by atoms with Gasteiger partial charge in [-0.3, -0.25) is 25.0 Å². The minimum absolute atomic E-state index is 0.314. The second-order valence-corrected chi connectivity index (χ2v) is 6.15. The van der Waals surface area contributed by atoms with E-state index >= 15 is 0 Å². The first-order valence-electron chi connectivity index (χ1n) is 7.20. The molecule has 2 aromatic carbocycles. The molecule has 0 aliphatic heterocycles. The van der Waals surface area contributed by atoms with Gasteiger partial charge >= 0.3 is 0 Å². The predicted octanol–water partition coefficient (Wildman–Crippen LogP) is 2.72. The van der Waals surface area contributed by atoms with Gasteiger partial charge < -0.3 is 0 Å². The zero-order valence-corrected chi connectivity index (χ0v) is 14.5. The Bertz CT molecular complexity index is 1070. The molecule has 3 rings (SSSR count). The molecule has 26 heavy (non-hydrogen) atoms. The second kappa shape index (κ2) is 7.16. The fourth-order valence-corrected chi connectivity index (χ4v) is 2.56. The van der Waals surface area contributed by atoms with E-state index in [1.165, 1.54) is 6.33 Å². The van der Waals surface area contributed by atoms with Gasteiger partial charge in [-0.1, -0.05) is 15.9 Å². The molecule has 0 aliphatic carbocycles. The van der Waals surface area contributed by atoms with Crippen molar-refractivity contribution in [3.63, 3.8) is 0 Å². The number of amides is 1. The largest absolute Gasteiger partial charge is 0.295 e. The van der Waals surface area contributed by atoms with Crippen molar-refractivity contribution in [3.05, 3.63) is 68.9 Å². The molecule has 0 bridgehead atoms. The van der Waals surface area contributed by atoms with Crippen LogP contribution in [0.25, 0.3) is 10.9 Å². The highest BCUT2D eigenvalue weighted by Crippen LogP contribution is 2.18. The molecule has 0 saturated carbocycles. The highest BCUT2D eigenvalue weighted by Gasteiger charge is 2.14. The molecule has 0 fully saturated rings. The fraction of sp³-hybridized carbons (Fsp3) is 0.0625. The van der Waals surface area contributed by atoms with Gasteiger partial charge in [0.2, 0.25) is 0 Å². The Morgan fingerprint density at radius 3 is 2.69 bits per heavy atom. The highest BCUT2D eigenvalue weighted by atomic mass is 79.9. The van der Waals surface area contributed by atoms with Crippen molar-refractivity contribution >= 4 is 38.4 Å². The summed E-state index contributed by atoms with van der Waals surface area (Å²) in [5.74, 6) is -5.20. The number of halogens is 4. The van der Waals surface area contributed by atoms with Crippen LogP contribution in [-0.2, 0) is 11.3 Å². The molecule has 2 N–H and O–H groups in total. The molecule has 0 spiro atoms. The van der Waals surface area contributed by atoms with Gasteiger partial charge in [0.1, 0.15) is 6.54 Å². The first-order chi connectivity index (χ1) is 12.4. The quantitative estimate of drug-likeness (QED) is 0.496. The maximum atomic E-state index is 13.5. The molecule has 0 radical (unpaired) electrons. The maximum absolute atomic E-state index is 13.5. The summed E-state index contributed by atoms with van der Waals surface area (Å²) in [4.78, 5) is 28.4. The summed E-state index contributed by atoms with van der Waals surface area (Å²) in [7, 11) is 0. The summed E-state index contributed by atoms with van der Waals surface area (Å²) in [5, 5.41) is 0.314. The van der Waals surface area contributed by atoms with E-state index in [4.69, 9.17) is 0 Å². The van der Waals surface area contributed by atoms with Crippen LogP contribution in [0.5, 0.6) is 0 Å². The van der Waals surface area contributed by atoms with E-state index in [0.717, 1.165) is 10.6 Å². The van der Waals surface area contributed by atoms with Gasteiger partial charge in [0.05, 0.1) is 22.9 Å². The van der Waals surface area contributed by atoms with Gasteiger partial charge in [-0.25, -0.2) is 18.2 Å². The van der Waals surface area contributed by atoms with Crippen molar-refractivity contribution in [2.24, 2.45) is 0 Å². The Hall–Kier alpha value is -2.88. The Labute approximate surface area is 152 Å². The number of hydrazine groups is 1. The van der Waals surface area contributed by atoms with Gasteiger partial charge in [0.25, 0.3) is 11.5 Å². The minimum Gasteiger partial charge on any atom is -0.295 e. The van der Waals surface area contributed by atoms with Crippen LogP contribution in [0.3, 0.4) is 0 Å². The van der Waals surface area contributed by atoms with E-state index in [2.05, 4.69) is 31.8 Å². The second-order valence-electron chi connectivity index (χ2n) is 5.24. The number of aromatic nitrogens is 2. The Morgan fingerprint density at radius 1 is 1.15 bits per heavy atom. The number of hydrogen-bond donors (Lipinski definition) is 2. The third-order valence-corrected chi connectivity index (χ3v) is 3.97. The molecule has 10 heteroatoms. The van der Waals surface area contributed by atoms with E-state index in [9.17, 15) is 22.8 Å². The Morgan fingerprint density at radius 2 is 1.92 bits per heavy atom. The smallest absolute Gasteiger partial charge is 0.261 e. The summed E-state index contributed by atoms with van der Waals surface area (Å²) < 4.78 is 41.3. The van der Waals surface area contributed by atoms with Crippen molar-refractivity contribution in [1.29, 1.82) is 0 Å². The first-order valence-corrected chi connectivity index (χ1v) is 7.99. The van der Waals surface area contributed by atoms with Crippen molar-refractivity contribution < 1.29 is 18.0 Å². The third kappa shape index (κ3) is 3.54. The summed E-state index contributed by atoms with van der Waals surface area (Å²) in [5.41, 5.74) is 3.83. The van der Waals surface area contributed by atoms with Crippen LogP contribution in [0.15, 0.2) is 45.9 Å². The zero-order chi connectivity index (χ0) is 18.8. The number of nitrogens with one attached hydrogen (secondary N) is 2. The Kier molecular flexibility index (Phi) is 4.94. The molecule has 6 nitrogen and oxygen atoms in total. The number of anilines is 1. The molecule has 1 heterocycles. The van der Waals surface area contributed by atoms with Gasteiger partial charge in [-0.15, -0.1) is 0 Å². The zero-order valence-electron chi connectivity index (χ0n) is 12.9. The van der Waals surface area contributed by atoms with E-state index in [0.29, 0.717) is 21.4 Å². The Balaban J connectivity index is 1.75. The molecule has 134 valence electrons. The topological polar surface area (TPSA) is 76.0 Å². The number of benzene rings is 2. The lowest BCUT2D eigenvalue weighted by molar-refractivity contribution is -0.121. The number of rotatable bonds is 4. The average molecular weight is 427 g/mol. The SMILES string of the molecule is O=C(Cn1cnc2ccc(Br)cc2c1=O)NNc1ccc(F)c(F)c1F. The monoisotopic (exact) mass is 426 g/mol. The van der Waals surface area contributed by atoms with Crippen LogP contribution in [0, 0.1) is 17.5 Å². The lowest BCUT2D eigenvalue weighted by Crippen LogP contribution is -2.36. The van der Waals surface area contributed by atoms with Crippen LogP contribution in [0.1, 0.15) is 0 Å². The first kappa shape index (κ1) is 17.9. The molecule has 0 atom stereocenters. The van der Waals surface area contributed by atoms with Gasteiger partial charge in [0, 0.05) is 4.47 Å². The molecule has 1 amide bonds. The molecule has 0 saturated heterocycles. The summed E-state index contributed by atoms with van der Waals surface area (Å²) in [6.45, 7) is -0.410. The number of fused-ring (bicyclic) bond motifs is 1. The third-order valence-electron chi connectivity index (χ3n) is 3.47. The average Bonchev–Trinajstić information content (AvgIpc) is 2.62. The van der Waals surface area contributed by atoms with Crippen LogP contribution in [0.4, 0.5) is 18.9 Å². The maximum Gasteiger partial charge on any atom is 0.261 e. The fourth-order valence-electron chi connectivity index (χ4n) is 2.20. The molecule has 1 aromatic heterocycles. The molecule has 3 aromatic rings. The predicted molar refractivity (Wildman–Crippen MR) is 91.8 cm³/mol. The van der Waals surface area contributed by atoms with E-state index in [1.807, 2.05) is 0 Å². The standard InChI is InChI=1S/C16H10BrF3N4O2/c17-8-1-3-11-9(5-8)16(26)24(7-21-11)6-13(25)23-22-12-4-2-10(18)14(19)15(12)20/h1-5,7,22H,6H2,(H,23,25). The van der Waals surface area contributed by atoms with Gasteiger partial charge in [-0.05, 0) is 30.3 Å². The van der Waals surface area contributed by atoms with Crippen LogP contribution in [0.2, 0.25) is 0 Å². The van der Waals surface area contributed by atoms with Gasteiger partial charge in [0.15, 0.2) is 17.5 Å². The lowest BCUT2D eigenvalue weighted by atomic mass is 10.2. The summed E-state index contributed by atoms with van der Waals surface area (Å²) in [6.07, 6.45) is 1.20. The molecular formula is C16H10BrF3N4O2. The number of carbonyl (C=O) groups is 1. The summed E-state index contributed by atoms with van der Waals surface area (Å²) >= 11 is 3.25. The minimum atomic E-state index is -1.66.